The highest BCUT2D eigenvalue weighted by Crippen LogP contribution is 2.29. The molecule has 0 radical (unpaired) electrons. The van der Waals surface area contributed by atoms with Gasteiger partial charge in [-0.15, -0.1) is 0 Å². The number of hydrogen-bond acceptors (Lipinski definition) is 4. The number of amides is 1. The first kappa shape index (κ1) is 17.3. The first-order chi connectivity index (χ1) is 9.77. The van der Waals surface area contributed by atoms with Crippen LogP contribution in [0.4, 0.5) is 5.69 Å². The van der Waals surface area contributed by atoms with Crippen molar-refractivity contribution in [2.24, 2.45) is 0 Å². The minimum Gasteiger partial charge on any atom is -0.495 e. The molecule has 0 N–H and O–H groups in total. The average Bonchev–Trinajstić information content (AvgIpc) is 2.41. The lowest BCUT2D eigenvalue weighted by Crippen LogP contribution is -2.32. The molecule has 0 saturated heterocycles. The maximum atomic E-state index is 12.0. The van der Waals surface area contributed by atoms with Crippen LogP contribution in [-0.4, -0.2) is 53.2 Å². The summed E-state index contributed by atoms with van der Waals surface area (Å²) in [6.07, 6.45) is 1.89. The first-order valence-corrected chi connectivity index (χ1v) is 8.43. The number of nitrogens with zero attached hydrogens (tertiary/aromatic N) is 2. The Kier molecular flexibility index (Phi) is 6.02. The second-order valence-corrected chi connectivity index (χ2v) is 6.81. The summed E-state index contributed by atoms with van der Waals surface area (Å²) in [6.45, 7) is 0.235. The van der Waals surface area contributed by atoms with E-state index in [4.69, 9.17) is 4.74 Å². The predicted octanol–water partition coefficient (Wildman–Crippen LogP) is 1.33. The van der Waals surface area contributed by atoms with Gasteiger partial charge in [0.2, 0.25) is 15.9 Å². The number of ether oxygens (including phenoxy) is 1. The number of rotatable bonds is 7. The van der Waals surface area contributed by atoms with Gasteiger partial charge in [-0.1, -0.05) is 12.1 Å². The number of benzene rings is 1. The minimum absolute atomic E-state index is 0.0246. The van der Waals surface area contributed by atoms with Gasteiger partial charge in [0.1, 0.15) is 5.75 Å². The number of carbonyl (C=O) groups excluding carboxylic acids is 1. The maximum Gasteiger partial charge on any atom is 0.232 e. The zero-order valence-corrected chi connectivity index (χ0v) is 13.7. The molecular weight excluding hydrogens is 292 g/mol. The van der Waals surface area contributed by atoms with Crippen LogP contribution >= 0.6 is 0 Å². The normalized spacial score (nSPS) is 11.0. The van der Waals surface area contributed by atoms with Crippen molar-refractivity contribution < 1.29 is 17.9 Å². The molecule has 1 amide bonds. The van der Waals surface area contributed by atoms with Crippen LogP contribution < -0.4 is 9.04 Å². The Balaban J connectivity index is 2.90. The standard InChI is InChI=1S/C14H22N2O4S/c1-15(2)14(17)10-7-11-16(21(4,18)19)12-8-5-6-9-13(12)20-3/h5-6,8-9H,7,10-11H2,1-4H3. The van der Waals surface area contributed by atoms with Crippen LogP contribution in [0.25, 0.3) is 0 Å². The van der Waals surface area contributed by atoms with E-state index in [1.807, 2.05) is 0 Å². The highest BCUT2D eigenvalue weighted by Gasteiger charge is 2.20. The number of carbonyl (C=O) groups is 1. The van der Waals surface area contributed by atoms with Gasteiger partial charge in [0.05, 0.1) is 19.1 Å². The maximum absolute atomic E-state index is 12.0. The fourth-order valence-electron chi connectivity index (χ4n) is 1.90. The summed E-state index contributed by atoms with van der Waals surface area (Å²) in [5.41, 5.74) is 0.486. The third-order valence-corrected chi connectivity index (χ3v) is 4.18. The van der Waals surface area contributed by atoms with Crippen LogP contribution in [0.1, 0.15) is 12.8 Å². The Hall–Kier alpha value is -1.76. The van der Waals surface area contributed by atoms with E-state index in [1.165, 1.54) is 16.3 Å². The summed E-state index contributed by atoms with van der Waals surface area (Å²) in [7, 11) is 1.41. The second kappa shape index (κ2) is 7.31. The molecule has 6 nitrogen and oxygen atoms in total. The summed E-state index contributed by atoms with van der Waals surface area (Å²) in [4.78, 5) is 13.1. The third-order valence-electron chi connectivity index (χ3n) is 3.00. The van der Waals surface area contributed by atoms with Gasteiger partial charge >= 0.3 is 0 Å². The van der Waals surface area contributed by atoms with E-state index in [1.54, 1.807) is 38.4 Å². The molecule has 7 heteroatoms. The average molecular weight is 314 g/mol. The Bertz CT molecular complexity index is 584. The van der Waals surface area contributed by atoms with Crippen LogP contribution in [-0.2, 0) is 14.8 Å². The molecule has 0 spiro atoms. The molecule has 1 aromatic rings. The van der Waals surface area contributed by atoms with E-state index >= 15 is 0 Å². The third kappa shape index (κ3) is 4.93. The Morgan fingerprint density at radius 3 is 2.38 bits per heavy atom. The van der Waals surface area contributed by atoms with Gasteiger partial charge in [-0.05, 0) is 18.6 Å². The van der Waals surface area contributed by atoms with Crippen LogP contribution in [0.2, 0.25) is 0 Å². The number of para-hydroxylation sites is 2. The molecule has 0 atom stereocenters. The zero-order valence-electron chi connectivity index (χ0n) is 12.9. The SMILES string of the molecule is COc1ccccc1N(CCCC(=O)N(C)C)S(C)(=O)=O. The topological polar surface area (TPSA) is 66.9 Å². The number of hydrogen-bond donors (Lipinski definition) is 0. The molecule has 0 saturated carbocycles. The quantitative estimate of drug-likeness (QED) is 0.761. The summed E-state index contributed by atoms with van der Waals surface area (Å²) in [6, 6.07) is 6.92. The van der Waals surface area contributed by atoms with E-state index in [0.717, 1.165) is 6.26 Å². The Morgan fingerprint density at radius 1 is 1.24 bits per heavy atom. The van der Waals surface area contributed by atoms with Crippen LogP contribution in [0.3, 0.4) is 0 Å². The van der Waals surface area contributed by atoms with Crippen molar-refractivity contribution in [1.29, 1.82) is 0 Å². The van der Waals surface area contributed by atoms with Gasteiger partial charge in [0.25, 0.3) is 0 Å². The lowest BCUT2D eigenvalue weighted by Gasteiger charge is -2.24. The molecule has 0 aliphatic rings. The van der Waals surface area contributed by atoms with Gasteiger partial charge in [0.15, 0.2) is 0 Å². The molecule has 118 valence electrons. The first-order valence-electron chi connectivity index (χ1n) is 6.58. The van der Waals surface area contributed by atoms with Crippen molar-refractivity contribution in [1.82, 2.24) is 4.90 Å². The van der Waals surface area contributed by atoms with Gasteiger partial charge in [-0.2, -0.15) is 0 Å². The summed E-state index contributed by atoms with van der Waals surface area (Å²) in [5.74, 6) is 0.463. The minimum atomic E-state index is -3.44. The summed E-state index contributed by atoms with van der Waals surface area (Å²) < 4.78 is 30.4. The van der Waals surface area contributed by atoms with Crippen molar-refractivity contribution in [2.45, 2.75) is 12.8 Å². The largest absolute Gasteiger partial charge is 0.495 e. The van der Waals surface area contributed by atoms with Crippen LogP contribution in [0.5, 0.6) is 5.75 Å². The van der Waals surface area contributed by atoms with Gasteiger partial charge in [-0.25, -0.2) is 8.42 Å². The van der Waals surface area contributed by atoms with Crippen molar-refractivity contribution >= 4 is 21.6 Å². The van der Waals surface area contributed by atoms with Crippen molar-refractivity contribution in [3.05, 3.63) is 24.3 Å². The molecule has 0 bridgehead atoms. The summed E-state index contributed by atoms with van der Waals surface area (Å²) >= 11 is 0. The molecule has 1 aromatic carbocycles. The molecule has 0 aliphatic heterocycles. The van der Waals surface area contributed by atoms with E-state index < -0.39 is 10.0 Å². The summed E-state index contributed by atoms with van der Waals surface area (Å²) in [5, 5.41) is 0. The number of methoxy groups -OCH3 is 1. The van der Waals surface area contributed by atoms with E-state index in [2.05, 4.69) is 0 Å². The molecular formula is C14H22N2O4S. The molecule has 0 aliphatic carbocycles. The smallest absolute Gasteiger partial charge is 0.232 e. The Labute approximate surface area is 126 Å². The predicted molar refractivity (Wildman–Crippen MR) is 83.1 cm³/mol. The highest BCUT2D eigenvalue weighted by atomic mass is 32.2. The van der Waals surface area contributed by atoms with E-state index in [0.29, 0.717) is 24.3 Å². The van der Waals surface area contributed by atoms with Crippen molar-refractivity contribution in [2.75, 3.05) is 38.3 Å². The van der Waals surface area contributed by atoms with Crippen LogP contribution in [0, 0.1) is 0 Å². The van der Waals surface area contributed by atoms with Crippen molar-refractivity contribution in [3.8, 4) is 5.75 Å². The lowest BCUT2D eigenvalue weighted by atomic mass is 10.2. The molecule has 1 rings (SSSR count). The Morgan fingerprint density at radius 2 is 1.86 bits per heavy atom. The fourth-order valence-corrected chi connectivity index (χ4v) is 2.87. The second-order valence-electron chi connectivity index (χ2n) is 4.90. The zero-order chi connectivity index (χ0) is 16.0. The molecule has 0 heterocycles. The molecule has 0 fully saturated rings. The molecule has 21 heavy (non-hydrogen) atoms. The molecule has 0 unspecified atom stereocenters. The van der Waals surface area contributed by atoms with E-state index in [-0.39, 0.29) is 12.5 Å². The fraction of sp³-hybridized carbons (Fsp3) is 0.500. The number of sulfonamides is 1. The van der Waals surface area contributed by atoms with Crippen LogP contribution in [0.15, 0.2) is 24.3 Å². The van der Waals surface area contributed by atoms with E-state index in [9.17, 15) is 13.2 Å². The monoisotopic (exact) mass is 314 g/mol. The van der Waals surface area contributed by atoms with Gasteiger partial charge < -0.3 is 9.64 Å². The lowest BCUT2D eigenvalue weighted by molar-refractivity contribution is -0.128. The highest BCUT2D eigenvalue weighted by molar-refractivity contribution is 7.92. The number of anilines is 1. The van der Waals surface area contributed by atoms with Gasteiger partial charge in [0, 0.05) is 27.1 Å². The van der Waals surface area contributed by atoms with Crippen molar-refractivity contribution in [3.63, 3.8) is 0 Å². The molecule has 0 aromatic heterocycles. The van der Waals surface area contributed by atoms with Gasteiger partial charge in [-0.3, -0.25) is 9.10 Å².